The van der Waals surface area contributed by atoms with E-state index in [1.165, 1.54) is 0 Å². The van der Waals surface area contributed by atoms with Crippen molar-refractivity contribution in [3.05, 3.63) is 0 Å². The van der Waals surface area contributed by atoms with Gasteiger partial charge >= 0.3 is 12.1 Å². The van der Waals surface area contributed by atoms with Gasteiger partial charge < -0.3 is 15.6 Å². The van der Waals surface area contributed by atoms with Gasteiger partial charge in [0.15, 0.2) is 0 Å². The summed E-state index contributed by atoms with van der Waals surface area (Å²) in [6, 6.07) is 0. The van der Waals surface area contributed by atoms with Crippen LogP contribution < -0.4 is 5.73 Å². The minimum absolute atomic E-state index is 0.0693. The number of alkyl halides is 3. The van der Waals surface area contributed by atoms with Crippen LogP contribution in [0.2, 0.25) is 0 Å². The molecule has 0 aliphatic carbocycles. The fraction of sp³-hybridized carbons (Fsp3) is 0.909. The van der Waals surface area contributed by atoms with Crippen molar-refractivity contribution >= 4 is 5.97 Å². The predicted molar refractivity (Wildman–Crippen MR) is 60.1 cm³/mol. The zero-order chi connectivity index (χ0) is 14.0. The molecular weight excluding hydrogens is 251 g/mol. The molecule has 0 aliphatic heterocycles. The van der Waals surface area contributed by atoms with Gasteiger partial charge in [-0.3, -0.25) is 4.79 Å². The lowest BCUT2D eigenvalue weighted by molar-refractivity contribution is -0.174. The predicted octanol–water partition coefficient (Wildman–Crippen LogP) is 2.18. The van der Waals surface area contributed by atoms with E-state index in [0.717, 1.165) is 12.8 Å². The molecule has 0 saturated carbocycles. The summed E-state index contributed by atoms with van der Waals surface area (Å²) in [5.41, 5.74) is 5.30. The van der Waals surface area contributed by atoms with Crippen molar-refractivity contribution in [2.45, 2.75) is 38.3 Å². The van der Waals surface area contributed by atoms with E-state index < -0.39 is 24.7 Å². The number of unbranched alkanes of at least 4 members (excludes halogenated alkanes) is 1. The molecule has 0 bridgehead atoms. The molecule has 0 spiro atoms. The zero-order valence-corrected chi connectivity index (χ0v) is 10.2. The number of halogens is 3. The summed E-state index contributed by atoms with van der Waals surface area (Å²) >= 11 is 0. The number of carboxylic acid groups (broad SMARTS) is 1. The summed E-state index contributed by atoms with van der Waals surface area (Å²) in [7, 11) is 0. The van der Waals surface area contributed by atoms with Crippen molar-refractivity contribution in [1.29, 1.82) is 0 Å². The number of hydrogen-bond acceptors (Lipinski definition) is 3. The second-order valence-electron chi connectivity index (χ2n) is 4.13. The van der Waals surface area contributed by atoms with Crippen LogP contribution in [0.5, 0.6) is 0 Å². The quantitative estimate of drug-likeness (QED) is 0.597. The summed E-state index contributed by atoms with van der Waals surface area (Å²) < 4.78 is 39.6. The fourth-order valence-electron chi connectivity index (χ4n) is 1.55. The lowest BCUT2D eigenvalue weighted by atomic mass is 9.97. The molecule has 0 fully saturated rings. The average molecular weight is 271 g/mol. The van der Waals surface area contributed by atoms with Crippen molar-refractivity contribution in [1.82, 2.24) is 0 Å². The van der Waals surface area contributed by atoms with Gasteiger partial charge in [0, 0.05) is 6.61 Å². The number of hydrogen-bond donors (Lipinski definition) is 2. The normalized spacial score (nSPS) is 13.6. The van der Waals surface area contributed by atoms with Crippen LogP contribution in [-0.4, -0.2) is 37.0 Å². The van der Waals surface area contributed by atoms with Crippen molar-refractivity contribution < 1.29 is 27.8 Å². The van der Waals surface area contributed by atoms with E-state index in [0.29, 0.717) is 25.8 Å². The van der Waals surface area contributed by atoms with Crippen LogP contribution in [0.25, 0.3) is 0 Å². The molecule has 0 aromatic rings. The highest BCUT2D eigenvalue weighted by Crippen LogP contribution is 2.17. The Morgan fingerprint density at radius 3 is 2.33 bits per heavy atom. The monoisotopic (exact) mass is 271 g/mol. The van der Waals surface area contributed by atoms with Crippen molar-refractivity contribution in [3.8, 4) is 0 Å². The maximum Gasteiger partial charge on any atom is 0.411 e. The van der Waals surface area contributed by atoms with Crippen LogP contribution in [-0.2, 0) is 9.53 Å². The highest BCUT2D eigenvalue weighted by atomic mass is 19.4. The highest BCUT2D eigenvalue weighted by Gasteiger charge is 2.27. The Labute approximate surface area is 104 Å². The summed E-state index contributed by atoms with van der Waals surface area (Å²) in [5.74, 6) is -1.44. The Bertz CT molecular complexity index is 234. The first-order valence-corrected chi connectivity index (χ1v) is 5.94. The van der Waals surface area contributed by atoms with Gasteiger partial charge in [0.05, 0.1) is 5.92 Å². The van der Waals surface area contributed by atoms with Crippen molar-refractivity contribution in [3.63, 3.8) is 0 Å². The van der Waals surface area contributed by atoms with Crippen LogP contribution in [0, 0.1) is 5.92 Å². The molecule has 0 aromatic carbocycles. The van der Waals surface area contributed by atoms with Gasteiger partial charge in [0.25, 0.3) is 0 Å². The maximum absolute atomic E-state index is 11.7. The molecule has 0 heterocycles. The Balaban J connectivity index is 3.67. The molecule has 7 heteroatoms. The number of carbonyl (C=O) groups is 1. The van der Waals surface area contributed by atoms with E-state index in [4.69, 9.17) is 10.8 Å². The largest absolute Gasteiger partial charge is 0.481 e. The lowest BCUT2D eigenvalue weighted by Gasteiger charge is -2.12. The number of carboxylic acids is 1. The summed E-state index contributed by atoms with van der Waals surface area (Å²) in [6.07, 6.45) is -1.70. The third kappa shape index (κ3) is 10.3. The number of rotatable bonds is 10. The standard InChI is InChI=1S/C11H20F3NO3/c12-11(13,14)8-18-7-3-5-9(10(16)17)4-1-2-6-15/h9H,1-8,15H2,(H,16,17). The zero-order valence-electron chi connectivity index (χ0n) is 10.2. The van der Waals surface area contributed by atoms with Gasteiger partial charge in [-0.2, -0.15) is 13.2 Å². The molecule has 4 nitrogen and oxygen atoms in total. The van der Waals surface area contributed by atoms with E-state index in [1.807, 2.05) is 0 Å². The molecule has 3 N–H and O–H groups in total. The van der Waals surface area contributed by atoms with Crippen LogP contribution in [0.1, 0.15) is 32.1 Å². The van der Waals surface area contributed by atoms with E-state index >= 15 is 0 Å². The fourth-order valence-corrected chi connectivity index (χ4v) is 1.55. The van der Waals surface area contributed by atoms with E-state index in [2.05, 4.69) is 4.74 Å². The van der Waals surface area contributed by atoms with E-state index in [1.54, 1.807) is 0 Å². The highest BCUT2D eigenvalue weighted by molar-refractivity contribution is 5.69. The second-order valence-corrected chi connectivity index (χ2v) is 4.13. The number of aliphatic carboxylic acids is 1. The summed E-state index contributed by atoms with van der Waals surface area (Å²) in [4.78, 5) is 10.9. The Morgan fingerprint density at radius 2 is 1.83 bits per heavy atom. The molecule has 0 aliphatic rings. The first kappa shape index (κ1) is 17.2. The molecule has 0 amide bonds. The first-order chi connectivity index (χ1) is 8.37. The third-order valence-electron chi connectivity index (χ3n) is 2.46. The number of nitrogens with two attached hydrogens (primary N) is 1. The lowest BCUT2D eigenvalue weighted by Crippen LogP contribution is -2.19. The van der Waals surface area contributed by atoms with Crippen molar-refractivity contribution in [2.24, 2.45) is 11.7 Å². The van der Waals surface area contributed by atoms with Gasteiger partial charge in [0.2, 0.25) is 0 Å². The van der Waals surface area contributed by atoms with Gasteiger partial charge in [-0.25, -0.2) is 0 Å². The van der Waals surface area contributed by atoms with Gasteiger partial charge in [-0.1, -0.05) is 6.42 Å². The minimum atomic E-state index is -4.33. The summed E-state index contributed by atoms with van der Waals surface area (Å²) in [6.45, 7) is -0.834. The summed E-state index contributed by atoms with van der Waals surface area (Å²) in [5, 5.41) is 8.91. The Morgan fingerprint density at radius 1 is 1.22 bits per heavy atom. The van der Waals surface area contributed by atoms with Gasteiger partial charge in [-0.15, -0.1) is 0 Å². The topological polar surface area (TPSA) is 72.5 Å². The second kappa shape index (κ2) is 9.16. The van der Waals surface area contributed by atoms with E-state index in [-0.39, 0.29) is 6.61 Å². The molecule has 108 valence electrons. The van der Waals surface area contributed by atoms with E-state index in [9.17, 15) is 18.0 Å². The molecule has 0 aromatic heterocycles. The minimum Gasteiger partial charge on any atom is -0.481 e. The maximum atomic E-state index is 11.7. The molecule has 0 saturated heterocycles. The Kier molecular flexibility index (Phi) is 8.74. The van der Waals surface area contributed by atoms with Crippen LogP contribution >= 0.6 is 0 Å². The van der Waals surface area contributed by atoms with Crippen LogP contribution in [0.15, 0.2) is 0 Å². The van der Waals surface area contributed by atoms with Crippen LogP contribution in [0.4, 0.5) is 13.2 Å². The van der Waals surface area contributed by atoms with Gasteiger partial charge in [0.1, 0.15) is 6.61 Å². The molecular formula is C11H20F3NO3. The molecule has 1 unspecified atom stereocenters. The molecule has 18 heavy (non-hydrogen) atoms. The molecule has 0 radical (unpaired) electrons. The SMILES string of the molecule is NCCCCC(CCCOCC(F)(F)F)C(=O)O. The smallest absolute Gasteiger partial charge is 0.411 e. The number of ether oxygens (including phenoxy) is 1. The van der Waals surface area contributed by atoms with Crippen molar-refractivity contribution in [2.75, 3.05) is 19.8 Å². The first-order valence-electron chi connectivity index (χ1n) is 5.94. The molecule has 0 rings (SSSR count). The average Bonchev–Trinajstić information content (AvgIpc) is 2.24. The molecule has 1 atom stereocenters. The van der Waals surface area contributed by atoms with Crippen LogP contribution in [0.3, 0.4) is 0 Å². The Hall–Kier alpha value is -0.820. The van der Waals surface area contributed by atoms with Gasteiger partial charge in [-0.05, 0) is 32.2 Å². The third-order valence-corrected chi connectivity index (χ3v) is 2.46.